The van der Waals surface area contributed by atoms with Gasteiger partial charge in [-0.2, -0.15) is 0 Å². The molecule has 3 unspecified atom stereocenters. The van der Waals surface area contributed by atoms with Crippen molar-refractivity contribution in [3.8, 4) is 5.75 Å². The number of carbonyl (C=O) groups excluding carboxylic acids is 1. The maximum Gasteiger partial charge on any atom is 0.255 e. The van der Waals surface area contributed by atoms with Gasteiger partial charge in [0.2, 0.25) is 0 Å². The van der Waals surface area contributed by atoms with Crippen LogP contribution in [0.3, 0.4) is 0 Å². The second-order valence-corrected chi connectivity index (χ2v) is 9.89. The molecule has 0 aromatic heterocycles. The van der Waals surface area contributed by atoms with Gasteiger partial charge in [0.25, 0.3) is 5.91 Å². The second kappa shape index (κ2) is 9.98. The van der Waals surface area contributed by atoms with Gasteiger partial charge in [0.15, 0.2) is 0 Å². The molecule has 0 saturated carbocycles. The average Bonchev–Trinajstić information content (AvgIpc) is 3.43. The van der Waals surface area contributed by atoms with Crippen molar-refractivity contribution < 1.29 is 9.53 Å². The van der Waals surface area contributed by atoms with E-state index in [2.05, 4.69) is 71.3 Å². The van der Waals surface area contributed by atoms with Crippen LogP contribution in [0.5, 0.6) is 5.75 Å². The molecule has 184 valence electrons. The molecule has 0 fully saturated rings. The normalized spacial score (nSPS) is 19.4. The molecule has 37 heavy (non-hydrogen) atoms. The van der Waals surface area contributed by atoms with Crippen molar-refractivity contribution >= 4 is 17.3 Å². The van der Waals surface area contributed by atoms with Crippen molar-refractivity contribution in [3.63, 3.8) is 0 Å². The third kappa shape index (κ3) is 4.75. The van der Waals surface area contributed by atoms with Crippen LogP contribution in [-0.4, -0.2) is 5.91 Å². The lowest BCUT2D eigenvalue weighted by Gasteiger charge is -2.37. The zero-order chi connectivity index (χ0) is 25.2. The number of allylic oxidation sites excluding steroid dienone is 2. The summed E-state index contributed by atoms with van der Waals surface area (Å²) in [4.78, 5) is 12.9. The van der Waals surface area contributed by atoms with Crippen LogP contribution in [0.4, 0.5) is 11.4 Å². The first-order valence-corrected chi connectivity index (χ1v) is 12.9. The van der Waals surface area contributed by atoms with Gasteiger partial charge in [0, 0.05) is 22.9 Å². The van der Waals surface area contributed by atoms with Crippen LogP contribution in [-0.2, 0) is 6.61 Å². The van der Waals surface area contributed by atoms with Gasteiger partial charge >= 0.3 is 0 Å². The molecule has 4 aromatic carbocycles. The highest BCUT2D eigenvalue weighted by molar-refractivity contribution is 6.05. The first-order chi connectivity index (χ1) is 18.2. The SMILES string of the molecule is Cc1ccccc1C(=O)Nc1ccc2c(c1)C1C=CCC1C(c1ccc(OCc3ccccc3)cc1)N2. The number of hydrogen-bond acceptors (Lipinski definition) is 3. The van der Waals surface area contributed by atoms with Crippen LogP contribution in [0.25, 0.3) is 0 Å². The number of hydrogen-bond donors (Lipinski definition) is 2. The fourth-order valence-electron chi connectivity index (χ4n) is 5.54. The Morgan fingerprint density at radius 2 is 1.73 bits per heavy atom. The first-order valence-electron chi connectivity index (χ1n) is 12.9. The summed E-state index contributed by atoms with van der Waals surface area (Å²) in [5.41, 5.74) is 7.27. The van der Waals surface area contributed by atoms with Crippen molar-refractivity contribution in [2.24, 2.45) is 5.92 Å². The Balaban J connectivity index is 1.19. The molecular formula is C33H30N2O2. The molecule has 0 saturated heterocycles. The minimum Gasteiger partial charge on any atom is -0.489 e. The van der Waals surface area contributed by atoms with Gasteiger partial charge in [-0.15, -0.1) is 0 Å². The molecule has 2 aliphatic rings. The summed E-state index contributed by atoms with van der Waals surface area (Å²) >= 11 is 0. The highest BCUT2D eigenvalue weighted by atomic mass is 16.5. The summed E-state index contributed by atoms with van der Waals surface area (Å²) in [5.74, 6) is 1.53. The van der Waals surface area contributed by atoms with Gasteiger partial charge in [-0.1, -0.05) is 72.8 Å². The van der Waals surface area contributed by atoms with Gasteiger partial charge in [-0.05, 0) is 77.9 Å². The van der Waals surface area contributed by atoms with Crippen molar-refractivity contribution in [1.29, 1.82) is 0 Å². The van der Waals surface area contributed by atoms with Gasteiger partial charge in [-0.25, -0.2) is 0 Å². The van der Waals surface area contributed by atoms with Gasteiger partial charge < -0.3 is 15.4 Å². The molecule has 0 radical (unpaired) electrons. The topological polar surface area (TPSA) is 50.4 Å². The smallest absolute Gasteiger partial charge is 0.255 e. The van der Waals surface area contributed by atoms with E-state index >= 15 is 0 Å². The number of carbonyl (C=O) groups is 1. The van der Waals surface area contributed by atoms with Crippen molar-refractivity contribution in [3.05, 3.63) is 137 Å². The summed E-state index contributed by atoms with van der Waals surface area (Å²) in [5, 5.41) is 6.89. The maximum absolute atomic E-state index is 12.9. The maximum atomic E-state index is 12.9. The molecule has 4 heteroatoms. The largest absolute Gasteiger partial charge is 0.489 e. The van der Waals surface area contributed by atoms with Gasteiger partial charge in [0.05, 0.1) is 6.04 Å². The van der Waals surface area contributed by atoms with E-state index in [1.807, 2.05) is 55.5 Å². The third-order valence-electron chi connectivity index (χ3n) is 7.50. The van der Waals surface area contributed by atoms with E-state index in [-0.39, 0.29) is 11.9 Å². The van der Waals surface area contributed by atoms with E-state index < -0.39 is 0 Å². The van der Waals surface area contributed by atoms with Crippen molar-refractivity contribution in [2.75, 3.05) is 10.6 Å². The summed E-state index contributed by atoms with van der Waals surface area (Å²) in [7, 11) is 0. The third-order valence-corrected chi connectivity index (χ3v) is 7.50. The number of aryl methyl sites for hydroxylation is 1. The fourth-order valence-corrected chi connectivity index (χ4v) is 5.54. The molecule has 4 aromatic rings. The lowest BCUT2D eigenvalue weighted by Crippen LogP contribution is -2.29. The minimum atomic E-state index is -0.0761. The number of amides is 1. The average molecular weight is 487 g/mol. The van der Waals surface area contributed by atoms with E-state index in [0.717, 1.165) is 34.7 Å². The van der Waals surface area contributed by atoms with Crippen molar-refractivity contribution in [2.45, 2.75) is 31.9 Å². The molecule has 1 heterocycles. The van der Waals surface area contributed by atoms with E-state index in [1.54, 1.807) is 0 Å². The molecule has 1 amide bonds. The van der Waals surface area contributed by atoms with E-state index in [9.17, 15) is 4.79 Å². The Bertz CT molecular complexity index is 1440. The summed E-state index contributed by atoms with van der Waals surface area (Å²) in [6.45, 7) is 2.52. The van der Waals surface area contributed by atoms with Gasteiger partial charge in [-0.3, -0.25) is 4.79 Å². The van der Waals surface area contributed by atoms with Crippen LogP contribution in [0.15, 0.2) is 109 Å². The Morgan fingerprint density at radius 3 is 2.54 bits per heavy atom. The van der Waals surface area contributed by atoms with Crippen LogP contribution >= 0.6 is 0 Å². The predicted molar refractivity (Wildman–Crippen MR) is 149 cm³/mol. The standard InChI is InChI=1S/C33H30N2O2/c1-22-8-5-6-11-27(22)33(36)34-25-16-19-31-30(20-25)28-12-7-13-29(28)32(35-31)24-14-17-26(18-15-24)37-21-23-9-3-2-4-10-23/h2-12,14-20,28-29,32,35H,13,21H2,1H3,(H,34,36). The molecule has 4 nitrogen and oxygen atoms in total. The number of anilines is 2. The molecule has 0 bridgehead atoms. The van der Waals surface area contributed by atoms with E-state index in [1.165, 1.54) is 11.1 Å². The first kappa shape index (κ1) is 23.1. The molecular weight excluding hydrogens is 456 g/mol. The number of benzene rings is 4. The molecule has 2 N–H and O–H groups in total. The predicted octanol–water partition coefficient (Wildman–Crippen LogP) is 7.65. The number of fused-ring (bicyclic) bond motifs is 3. The molecule has 1 aliphatic heterocycles. The summed E-state index contributed by atoms with van der Waals surface area (Å²) in [6.07, 6.45) is 5.63. The van der Waals surface area contributed by atoms with Gasteiger partial charge in [0.1, 0.15) is 12.4 Å². The van der Waals surface area contributed by atoms with E-state index in [0.29, 0.717) is 24.0 Å². The summed E-state index contributed by atoms with van der Waals surface area (Å²) in [6, 6.07) is 32.8. The molecule has 3 atom stereocenters. The lowest BCUT2D eigenvalue weighted by atomic mass is 9.77. The Morgan fingerprint density at radius 1 is 0.946 bits per heavy atom. The number of rotatable bonds is 6. The second-order valence-electron chi connectivity index (χ2n) is 9.89. The monoisotopic (exact) mass is 486 g/mol. The highest BCUT2D eigenvalue weighted by Crippen LogP contribution is 2.50. The zero-order valence-electron chi connectivity index (χ0n) is 20.9. The zero-order valence-corrected chi connectivity index (χ0v) is 20.9. The highest BCUT2D eigenvalue weighted by Gasteiger charge is 2.38. The minimum absolute atomic E-state index is 0.0761. The Hall–Kier alpha value is -4.31. The molecule has 1 aliphatic carbocycles. The van der Waals surface area contributed by atoms with Crippen molar-refractivity contribution in [1.82, 2.24) is 0 Å². The Labute approximate surface area is 218 Å². The quantitative estimate of drug-likeness (QED) is 0.275. The number of ether oxygens (including phenoxy) is 1. The van der Waals surface area contributed by atoms with E-state index in [4.69, 9.17) is 4.74 Å². The van der Waals surface area contributed by atoms with Crippen LogP contribution < -0.4 is 15.4 Å². The molecule has 0 spiro atoms. The fraction of sp³-hybridized carbons (Fsp3) is 0.182. The van der Waals surface area contributed by atoms with Crippen LogP contribution in [0.2, 0.25) is 0 Å². The summed E-state index contributed by atoms with van der Waals surface area (Å²) < 4.78 is 5.99. The molecule has 6 rings (SSSR count). The Kier molecular flexibility index (Phi) is 6.23. The lowest BCUT2D eigenvalue weighted by molar-refractivity contribution is 0.102. The number of nitrogens with one attached hydrogen (secondary N) is 2. The van der Waals surface area contributed by atoms with Crippen LogP contribution in [0.1, 0.15) is 51.0 Å². The van der Waals surface area contributed by atoms with Crippen LogP contribution in [0, 0.1) is 12.8 Å².